The molecule has 2 unspecified atom stereocenters. The number of hydrogen-bond donors (Lipinski definition) is 1. The van der Waals surface area contributed by atoms with E-state index in [-0.39, 0.29) is 23.7 Å². The highest BCUT2D eigenvalue weighted by molar-refractivity contribution is 6.30. The Hall–Kier alpha value is -2.53. The zero-order valence-electron chi connectivity index (χ0n) is 16.2. The van der Waals surface area contributed by atoms with Gasteiger partial charge in [0.1, 0.15) is 5.75 Å². The largest absolute Gasteiger partial charge is 0.497 e. The minimum atomic E-state index is -0.304. The van der Waals surface area contributed by atoms with Crippen LogP contribution in [0.4, 0.5) is 0 Å². The van der Waals surface area contributed by atoms with E-state index in [1.165, 1.54) is 0 Å². The lowest BCUT2D eigenvalue weighted by Gasteiger charge is -2.18. The van der Waals surface area contributed by atoms with Gasteiger partial charge in [0.2, 0.25) is 5.91 Å². The fourth-order valence-electron chi connectivity index (χ4n) is 3.63. The Labute approximate surface area is 170 Å². The van der Waals surface area contributed by atoms with Gasteiger partial charge in [0.25, 0.3) is 5.91 Å². The second kappa shape index (κ2) is 9.11. The molecule has 2 aromatic carbocycles. The van der Waals surface area contributed by atoms with Crippen LogP contribution in [0.2, 0.25) is 5.02 Å². The zero-order valence-corrected chi connectivity index (χ0v) is 16.9. The van der Waals surface area contributed by atoms with Crippen LogP contribution < -0.4 is 10.1 Å². The van der Waals surface area contributed by atoms with Gasteiger partial charge in [-0.05, 0) is 42.3 Å². The molecule has 148 valence electrons. The van der Waals surface area contributed by atoms with Crippen molar-refractivity contribution >= 4 is 23.4 Å². The van der Waals surface area contributed by atoms with Gasteiger partial charge in [-0.25, -0.2) is 0 Å². The highest BCUT2D eigenvalue weighted by Crippen LogP contribution is 2.35. The highest BCUT2D eigenvalue weighted by atomic mass is 35.5. The molecule has 2 aromatic rings. The summed E-state index contributed by atoms with van der Waals surface area (Å²) in [6.07, 6.45) is 0.868. The molecule has 1 N–H and O–H groups in total. The van der Waals surface area contributed by atoms with Crippen LogP contribution in [-0.4, -0.2) is 43.5 Å². The van der Waals surface area contributed by atoms with Gasteiger partial charge in [0, 0.05) is 36.1 Å². The summed E-state index contributed by atoms with van der Waals surface area (Å²) in [6, 6.07) is 14.6. The number of nitrogens with one attached hydrogen (secondary N) is 1. The Balaban J connectivity index is 1.87. The first-order valence-electron chi connectivity index (χ1n) is 9.50. The normalized spacial score (nSPS) is 18.8. The van der Waals surface area contributed by atoms with E-state index < -0.39 is 0 Å². The molecule has 0 saturated carbocycles. The zero-order chi connectivity index (χ0) is 20.1. The molecule has 1 aliphatic rings. The first kappa shape index (κ1) is 20.2. The molecule has 3 rings (SSSR count). The number of benzene rings is 2. The Morgan fingerprint density at radius 3 is 2.68 bits per heavy atom. The van der Waals surface area contributed by atoms with Gasteiger partial charge in [0.05, 0.1) is 13.0 Å². The van der Waals surface area contributed by atoms with Crippen molar-refractivity contribution in [1.29, 1.82) is 0 Å². The first-order chi connectivity index (χ1) is 13.5. The van der Waals surface area contributed by atoms with Gasteiger partial charge in [0.15, 0.2) is 0 Å². The molecular formula is C22H25ClN2O3. The predicted octanol–water partition coefficient (Wildman–Crippen LogP) is 3.73. The summed E-state index contributed by atoms with van der Waals surface area (Å²) in [6.45, 7) is 3.50. The molecule has 1 fully saturated rings. The molecular weight excluding hydrogens is 376 g/mol. The number of carbonyl (C=O) groups is 2. The number of ether oxygens (including phenoxy) is 1. The van der Waals surface area contributed by atoms with Crippen LogP contribution in [-0.2, 0) is 4.79 Å². The van der Waals surface area contributed by atoms with Crippen molar-refractivity contribution in [3.8, 4) is 5.75 Å². The number of likely N-dealkylation sites (tertiary alicyclic amines) is 1. The van der Waals surface area contributed by atoms with Gasteiger partial charge < -0.3 is 15.0 Å². The standard InChI is InChI=1S/C22H25ClN2O3/c1-3-10-24-21(26)20-14-25(22(27)16-7-4-8-17(23)11-16)13-19(20)15-6-5-9-18(12-15)28-2/h4-9,11-12,19-20H,3,10,13-14H2,1-2H3,(H,24,26). The van der Waals surface area contributed by atoms with Crippen molar-refractivity contribution < 1.29 is 14.3 Å². The molecule has 0 bridgehead atoms. The summed E-state index contributed by atoms with van der Waals surface area (Å²) in [5, 5.41) is 3.50. The van der Waals surface area contributed by atoms with Crippen LogP contribution in [0, 0.1) is 5.92 Å². The van der Waals surface area contributed by atoms with Gasteiger partial charge >= 0.3 is 0 Å². The number of carbonyl (C=O) groups excluding carboxylic acids is 2. The fourth-order valence-corrected chi connectivity index (χ4v) is 3.82. The Bertz CT molecular complexity index is 855. The molecule has 1 aliphatic heterocycles. The van der Waals surface area contributed by atoms with Gasteiger partial charge in [-0.3, -0.25) is 9.59 Å². The summed E-state index contributed by atoms with van der Waals surface area (Å²) in [5.74, 6) is 0.221. The van der Waals surface area contributed by atoms with E-state index in [1.54, 1.807) is 36.3 Å². The van der Waals surface area contributed by atoms with E-state index in [2.05, 4.69) is 5.32 Å². The molecule has 6 heteroatoms. The fraction of sp³-hybridized carbons (Fsp3) is 0.364. The van der Waals surface area contributed by atoms with Crippen LogP contribution in [0.25, 0.3) is 0 Å². The third kappa shape index (κ3) is 4.47. The molecule has 28 heavy (non-hydrogen) atoms. The van der Waals surface area contributed by atoms with Crippen molar-refractivity contribution in [2.75, 3.05) is 26.7 Å². The number of methoxy groups -OCH3 is 1. The van der Waals surface area contributed by atoms with Crippen molar-refractivity contribution in [1.82, 2.24) is 10.2 Å². The minimum absolute atomic E-state index is 0.0175. The van der Waals surface area contributed by atoms with E-state index in [0.29, 0.717) is 30.2 Å². The molecule has 0 spiro atoms. The van der Waals surface area contributed by atoms with Crippen molar-refractivity contribution in [2.24, 2.45) is 5.92 Å². The Morgan fingerprint density at radius 1 is 1.18 bits per heavy atom. The van der Waals surface area contributed by atoms with Crippen molar-refractivity contribution in [2.45, 2.75) is 19.3 Å². The predicted molar refractivity (Wildman–Crippen MR) is 110 cm³/mol. The smallest absolute Gasteiger partial charge is 0.253 e. The van der Waals surface area contributed by atoms with Gasteiger partial charge in [-0.15, -0.1) is 0 Å². The Morgan fingerprint density at radius 2 is 1.96 bits per heavy atom. The SMILES string of the molecule is CCCNC(=O)C1CN(C(=O)c2cccc(Cl)c2)CC1c1cccc(OC)c1. The third-order valence-electron chi connectivity index (χ3n) is 5.09. The summed E-state index contributed by atoms with van der Waals surface area (Å²) in [7, 11) is 1.62. The summed E-state index contributed by atoms with van der Waals surface area (Å²) < 4.78 is 5.34. The number of rotatable bonds is 6. The molecule has 2 amide bonds. The number of halogens is 1. The average Bonchev–Trinajstić information content (AvgIpc) is 3.17. The van der Waals surface area contributed by atoms with Gasteiger partial charge in [-0.2, -0.15) is 0 Å². The molecule has 1 heterocycles. The van der Waals surface area contributed by atoms with E-state index in [9.17, 15) is 9.59 Å². The second-order valence-corrected chi connectivity index (χ2v) is 7.44. The maximum Gasteiger partial charge on any atom is 0.253 e. The van der Waals surface area contributed by atoms with E-state index in [4.69, 9.17) is 16.3 Å². The lowest BCUT2D eigenvalue weighted by atomic mass is 9.88. The second-order valence-electron chi connectivity index (χ2n) is 7.00. The highest BCUT2D eigenvalue weighted by Gasteiger charge is 2.40. The van der Waals surface area contributed by atoms with Gasteiger partial charge in [-0.1, -0.05) is 36.7 Å². The molecule has 2 atom stereocenters. The summed E-state index contributed by atoms with van der Waals surface area (Å²) in [4.78, 5) is 27.5. The number of amides is 2. The molecule has 0 aliphatic carbocycles. The quantitative estimate of drug-likeness (QED) is 0.803. The van der Waals surface area contributed by atoms with E-state index >= 15 is 0 Å². The number of nitrogens with zero attached hydrogens (tertiary/aromatic N) is 1. The van der Waals surface area contributed by atoms with E-state index in [1.807, 2.05) is 31.2 Å². The molecule has 0 aromatic heterocycles. The maximum atomic E-state index is 13.0. The maximum absolute atomic E-state index is 13.0. The molecule has 1 saturated heterocycles. The van der Waals surface area contributed by atoms with Crippen molar-refractivity contribution in [3.63, 3.8) is 0 Å². The van der Waals surface area contributed by atoms with Crippen LogP contribution in [0.5, 0.6) is 5.75 Å². The van der Waals surface area contributed by atoms with Crippen LogP contribution in [0.15, 0.2) is 48.5 Å². The topological polar surface area (TPSA) is 58.6 Å². The van der Waals surface area contributed by atoms with Crippen LogP contribution in [0.1, 0.15) is 35.2 Å². The lowest BCUT2D eigenvalue weighted by Crippen LogP contribution is -2.36. The first-order valence-corrected chi connectivity index (χ1v) is 9.87. The summed E-state index contributed by atoms with van der Waals surface area (Å²) in [5.41, 5.74) is 1.53. The molecule has 5 nitrogen and oxygen atoms in total. The monoisotopic (exact) mass is 400 g/mol. The minimum Gasteiger partial charge on any atom is -0.497 e. The third-order valence-corrected chi connectivity index (χ3v) is 5.32. The van der Waals surface area contributed by atoms with Crippen LogP contribution in [0.3, 0.4) is 0 Å². The number of hydrogen-bond acceptors (Lipinski definition) is 3. The Kier molecular flexibility index (Phi) is 6.57. The average molecular weight is 401 g/mol. The summed E-state index contributed by atoms with van der Waals surface area (Å²) >= 11 is 6.04. The van der Waals surface area contributed by atoms with E-state index in [0.717, 1.165) is 17.7 Å². The molecule has 0 radical (unpaired) electrons. The lowest BCUT2D eigenvalue weighted by molar-refractivity contribution is -0.124. The van der Waals surface area contributed by atoms with Crippen molar-refractivity contribution in [3.05, 3.63) is 64.7 Å². The van der Waals surface area contributed by atoms with Crippen LogP contribution >= 0.6 is 11.6 Å².